The van der Waals surface area contributed by atoms with Crippen LogP contribution in [0, 0.1) is 6.92 Å². The van der Waals surface area contributed by atoms with E-state index in [1.54, 1.807) is 4.90 Å². The van der Waals surface area contributed by atoms with Crippen molar-refractivity contribution in [1.29, 1.82) is 0 Å². The summed E-state index contributed by atoms with van der Waals surface area (Å²) in [5.74, 6) is -0.365. The fourth-order valence-corrected chi connectivity index (χ4v) is 3.18. The SMILES string of the molecule is CCc1onc(C)c1-c1cccc([C@@H]2CN(C(=O)CCC(=O)O)CCO2)n1. The van der Waals surface area contributed by atoms with Gasteiger partial charge in [0, 0.05) is 19.4 Å². The monoisotopic (exact) mass is 373 g/mol. The summed E-state index contributed by atoms with van der Waals surface area (Å²) in [6, 6.07) is 5.67. The summed E-state index contributed by atoms with van der Waals surface area (Å²) in [6.07, 6.45) is 0.197. The Kier molecular flexibility index (Phi) is 5.85. The van der Waals surface area contributed by atoms with E-state index in [1.807, 2.05) is 32.0 Å². The predicted molar refractivity (Wildman–Crippen MR) is 96.0 cm³/mol. The van der Waals surface area contributed by atoms with Gasteiger partial charge in [0.05, 0.1) is 42.2 Å². The highest BCUT2D eigenvalue weighted by Crippen LogP contribution is 2.29. The number of aryl methyl sites for hydroxylation is 2. The number of aromatic nitrogens is 2. The van der Waals surface area contributed by atoms with Crippen molar-refractivity contribution in [2.24, 2.45) is 0 Å². The van der Waals surface area contributed by atoms with Crippen molar-refractivity contribution in [3.63, 3.8) is 0 Å². The van der Waals surface area contributed by atoms with Crippen molar-refractivity contribution in [1.82, 2.24) is 15.0 Å². The molecular formula is C19H23N3O5. The second kappa shape index (κ2) is 8.30. The lowest BCUT2D eigenvalue weighted by molar-refractivity contribution is -0.144. The first-order valence-corrected chi connectivity index (χ1v) is 9.03. The fourth-order valence-electron chi connectivity index (χ4n) is 3.18. The number of aliphatic carboxylic acids is 1. The van der Waals surface area contributed by atoms with Crippen molar-refractivity contribution in [2.75, 3.05) is 19.7 Å². The maximum atomic E-state index is 12.2. The molecule has 1 saturated heterocycles. The Labute approximate surface area is 157 Å². The van der Waals surface area contributed by atoms with E-state index in [4.69, 9.17) is 19.4 Å². The lowest BCUT2D eigenvalue weighted by atomic mass is 10.1. The van der Waals surface area contributed by atoms with Gasteiger partial charge < -0.3 is 19.3 Å². The van der Waals surface area contributed by atoms with Crippen LogP contribution in [0.5, 0.6) is 0 Å². The van der Waals surface area contributed by atoms with Crippen LogP contribution >= 0.6 is 0 Å². The molecule has 1 aliphatic rings. The summed E-state index contributed by atoms with van der Waals surface area (Å²) in [4.78, 5) is 29.3. The molecule has 0 aromatic carbocycles. The highest BCUT2D eigenvalue weighted by molar-refractivity contribution is 5.80. The van der Waals surface area contributed by atoms with Gasteiger partial charge in [-0.25, -0.2) is 4.98 Å². The predicted octanol–water partition coefficient (Wildman–Crippen LogP) is 2.37. The molecule has 2 aromatic rings. The van der Waals surface area contributed by atoms with E-state index >= 15 is 0 Å². The van der Waals surface area contributed by atoms with Crippen LogP contribution < -0.4 is 0 Å². The minimum absolute atomic E-state index is 0.00470. The van der Waals surface area contributed by atoms with Gasteiger partial charge in [-0.3, -0.25) is 9.59 Å². The maximum Gasteiger partial charge on any atom is 0.303 e. The molecule has 1 aliphatic heterocycles. The molecule has 3 heterocycles. The van der Waals surface area contributed by atoms with E-state index in [9.17, 15) is 9.59 Å². The van der Waals surface area contributed by atoms with E-state index in [0.717, 1.165) is 28.4 Å². The van der Waals surface area contributed by atoms with E-state index in [-0.39, 0.29) is 24.9 Å². The van der Waals surface area contributed by atoms with Gasteiger partial charge in [-0.1, -0.05) is 18.1 Å². The average molecular weight is 373 g/mol. The van der Waals surface area contributed by atoms with Crippen LogP contribution in [0.2, 0.25) is 0 Å². The minimum atomic E-state index is -0.974. The number of morpholine rings is 1. The van der Waals surface area contributed by atoms with Crippen molar-refractivity contribution in [2.45, 2.75) is 39.2 Å². The number of carboxylic acid groups (broad SMARTS) is 1. The zero-order chi connectivity index (χ0) is 19.4. The highest BCUT2D eigenvalue weighted by Gasteiger charge is 2.27. The topological polar surface area (TPSA) is 106 Å². The van der Waals surface area contributed by atoms with Crippen LogP contribution in [0.25, 0.3) is 11.3 Å². The van der Waals surface area contributed by atoms with Crippen molar-refractivity contribution < 1.29 is 24.0 Å². The van der Waals surface area contributed by atoms with Crippen LogP contribution in [0.4, 0.5) is 0 Å². The van der Waals surface area contributed by atoms with Crippen LogP contribution in [-0.4, -0.2) is 51.7 Å². The van der Waals surface area contributed by atoms with Gasteiger partial charge in [0.15, 0.2) is 0 Å². The molecule has 0 saturated carbocycles. The molecule has 8 heteroatoms. The summed E-state index contributed by atoms with van der Waals surface area (Å²) in [7, 11) is 0. The van der Waals surface area contributed by atoms with Gasteiger partial charge in [0.1, 0.15) is 11.9 Å². The maximum absolute atomic E-state index is 12.2. The van der Waals surface area contributed by atoms with Gasteiger partial charge in [-0.05, 0) is 19.1 Å². The zero-order valence-corrected chi connectivity index (χ0v) is 15.5. The van der Waals surface area contributed by atoms with Crippen LogP contribution in [-0.2, 0) is 20.7 Å². The Morgan fingerprint density at radius 2 is 2.15 bits per heavy atom. The minimum Gasteiger partial charge on any atom is -0.481 e. The number of hydrogen-bond acceptors (Lipinski definition) is 6. The van der Waals surface area contributed by atoms with Crippen LogP contribution in [0.15, 0.2) is 22.7 Å². The van der Waals surface area contributed by atoms with E-state index in [0.29, 0.717) is 26.1 Å². The summed E-state index contributed by atoms with van der Waals surface area (Å²) < 4.78 is 11.2. The summed E-state index contributed by atoms with van der Waals surface area (Å²) in [5.41, 5.74) is 3.17. The number of nitrogens with zero attached hydrogens (tertiary/aromatic N) is 3. The van der Waals surface area contributed by atoms with Crippen LogP contribution in [0.3, 0.4) is 0 Å². The third-order valence-corrected chi connectivity index (χ3v) is 4.58. The van der Waals surface area contributed by atoms with Gasteiger partial charge >= 0.3 is 5.97 Å². The number of carbonyl (C=O) groups excluding carboxylic acids is 1. The number of ether oxygens (including phenoxy) is 1. The lowest BCUT2D eigenvalue weighted by Crippen LogP contribution is -2.42. The molecule has 144 valence electrons. The molecule has 0 aliphatic carbocycles. The molecule has 1 fully saturated rings. The molecule has 1 N–H and O–H groups in total. The molecule has 0 unspecified atom stereocenters. The normalized spacial score (nSPS) is 17.1. The molecule has 0 radical (unpaired) electrons. The van der Waals surface area contributed by atoms with Crippen LogP contribution in [0.1, 0.15) is 43.0 Å². The summed E-state index contributed by atoms with van der Waals surface area (Å²) >= 11 is 0. The first-order valence-electron chi connectivity index (χ1n) is 9.03. The Morgan fingerprint density at radius 1 is 1.33 bits per heavy atom. The lowest BCUT2D eigenvalue weighted by Gasteiger charge is -2.32. The first-order chi connectivity index (χ1) is 13.0. The molecule has 3 rings (SSSR count). The average Bonchev–Trinajstić information content (AvgIpc) is 3.07. The molecule has 0 bridgehead atoms. The van der Waals surface area contributed by atoms with Gasteiger partial charge in [-0.15, -0.1) is 0 Å². The second-order valence-electron chi connectivity index (χ2n) is 6.46. The zero-order valence-electron chi connectivity index (χ0n) is 15.5. The van der Waals surface area contributed by atoms with Gasteiger partial charge in [0.25, 0.3) is 0 Å². The standard InChI is InChI=1S/C19H23N3O5/c1-3-15-19(12(2)21-27-15)14-6-4-5-13(20-14)16-11-22(9-10-26-16)17(23)7-8-18(24)25/h4-6,16H,3,7-11H2,1-2H3,(H,24,25)/t16-/m0/s1. The Bertz CT molecular complexity index is 833. The van der Waals surface area contributed by atoms with Gasteiger partial charge in [-0.2, -0.15) is 0 Å². The van der Waals surface area contributed by atoms with E-state index in [1.165, 1.54) is 0 Å². The molecule has 2 aromatic heterocycles. The molecule has 0 spiro atoms. The summed E-state index contributed by atoms with van der Waals surface area (Å²) in [6.45, 7) is 5.09. The smallest absolute Gasteiger partial charge is 0.303 e. The van der Waals surface area contributed by atoms with Crippen molar-refractivity contribution in [3.8, 4) is 11.3 Å². The van der Waals surface area contributed by atoms with Crippen molar-refractivity contribution >= 4 is 11.9 Å². The molecule has 8 nitrogen and oxygen atoms in total. The summed E-state index contributed by atoms with van der Waals surface area (Å²) in [5, 5.41) is 12.8. The van der Waals surface area contributed by atoms with Gasteiger partial charge in [0.2, 0.25) is 5.91 Å². The number of amides is 1. The fraction of sp³-hybridized carbons (Fsp3) is 0.474. The first kappa shape index (κ1) is 19.0. The third kappa shape index (κ3) is 4.33. The van der Waals surface area contributed by atoms with E-state index in [2.05, 4.69) is 5.16 Å². The Hall–Kier alpha value is -2.74. The van der Waals surface area contributed by atoms with E-state index < -0.39 is 5.97 Å². The Balaban J connectivity index is 1.77. The third-order valence-electron chi connectivity index (χ3n) is 4.58. The quantitative estimate of drug-likeness (QED) is 0.828. The molecule has 1 amide bonds. The molecular weight excluding hydrogens is 350 g/mol. The number of pyridine rings is 1. The van der Waals surface area contributed by atoms with Crippen molar-refractivity contribution in [3.05, 3.63) is 35.3 Å². The number of rotatable bonds is 6. The second-order valence-corrected chi connectivity index (χ2v) is 6.46. The Morgan fingerprint density at radius 3 is 2.89 bits per heavy atom. The molecule has 27 heavy (non-hydrogen) atoms. The molecule has 1 atom stereocenters. The highest BCUT2D eigenvalue weighted by atomic mass is 16.5. The largest absolute Gasteiger partial charge is 0.481 e. The number of carboxylic acids is 1. The number of hydrogen-bond donors (Lipinski definition) is 1. The number of carbonyl (C=O) groups is 2.